The van der Waals surface area contributed by atoms with E-state index in [0.717, 1.165) is 50.1 Å². The number of anilines is 3. The topological polar surface area (TPSA) is 16.4 Å². The Balaban J connectivity index is 1.000. The minimum Gasteiger partial charge on any atom is -0.455 e. The van der Waals surface area contributed by atoms with Gasteiger partial charge < -0.3 is 9.32 Å². The molecule has 0 spiro atoms. The third-order valence-corrected chi connectivity index (χ3v) is 13.3. The second-order valence-corrected chi connectivity index (χ2v) is 16.7. The monoisotopic (exact) mass is 795 g/mol. The van der Waals surface area contributed by atoms with E-state index < -0.39 is 0 Å². The van der Waals surface area contributed by atoms with Crippen LogP contribution in [0, 0.1) is 0 Å². The van der Waals surface area contributed by atoms with Crippen LogP contribution in [0.2, 0.25) is 0 Å². The lowest BCUT2D eigenvalue weighted by Gasteiger charge is -2.28. The second kappa shape index (κ2) is 14.5. The number of hydrogen-bond acceptors (Lipinski definition) is 3. The third-order valence-electron chi connectivity index (χ3n) is 12.1. The minimum atomic E-state index is 0.904. The zero-order chi connectivity index (χ0) is 40.3. The number of para-hydroxylation sites is 3. The summed E-state index contributed by atoms with van der Waals surface area (Å²) in [5.41, 5.74) is 14.5. The van der Waals surface area contributed by atoms with E-state index >= 15 is 0 Å². The van der Waals surface area contributed by atoms with Gasteiger partial charge in [-0.25, -0.2) is 0 Å². The molecule has 3 heteroatoms. The van der Waals surface area contributed by atoms with E-state index in [4.69, 9.17) is 4.42 Å². The van der Waals surface area contributed by atoms with Crippen LogP contribution in [-0.2, 0) is 0 Å². The first-order valence-corrected chi connectivity index (χ1v) is 21.6. The summed E-state index contributed by atoms with van der Waals surface area (Å²) in [7, 11) is 0. The van der Waals surface area contributed by atoms with Gasteiger partial charge in [0.15, 0.2) is 0 Å². The van der Waals surface area contributed by atoms with Crippen molar-refractivity contribution in [2.45, 2.75) is 0 Å². The van der Waals surface area contributed by atoms with E-state index in [1.54, 1.807) is 0 Å². The molecule has 2 nitrogen and oxygen atoms in total. The predicted molar refractivity (Wildman–Crippen MR) is 261 cm³/mol. The lowest BCUT2D eigenvalue weighted by atomic mass is 9.93. The maximum atomic E-state index is 6.47. The Morgan fingerprint density at radius 1 is 0.344 bits per heavy atom. The van der Waals surface area contributed by atoms with Gasteiger partial charge in [0.05, 0.1) is 5.69 Å². The smallest absolute Gasteiger partial charge is 0.143 e. The average Bonchev–Trinajstić information content (AvgIpc) is 3.91. The van der Waals surface area contributed by atoms with Gasteiger partial charge in [-0.15, -0.1) is 11.3 Å². The maximum Gasteiger partial charge on any atom is 0.143 e. The van der Waals surface area contributed by atoms with Crippen LogP contribution in [0.5, 0.6) is 0 Å². The summed E-state index contributed by atoms with van der Waals surface area (Å²) in [6.45, 7) is 0. The molecule has 286 valence electrons. The van der Waals surface area contributed by atoms with Crippen molar-refractivity contribution in [1.82, 2.24) is 0 Å². The Hall–Kier alpha value is -7.72. The van der Waals surface area contributed by atoms with E-state index in [-0.39, 0.29) is 0 Å². The van der Waals surface area contributed by atoms with Crippen LogP contribution in [0.4, 0.5) is 17.1 Å². The molecule has 0 aliphatic heterocycles. The molecule has 0 atom stereocenters. The van der Waals surface area contributed by atoms with Crippen molar-refractivity contribution >= 4 is 81.3 Å². The van der Waals surface area contributed by atoms with Crippen molar-refractivity contribution in [3.05, 3.63) is 224 Å². The van der Waals surface area contributed by atoms with Gasteiger partial charge >= 0.3 is 0 Å². The molecule has 10 aromatic carbocycles. The maximum absolute atomic E-state index is 6.47. The summed E-state index contributed by atoms with van der Waals surface area (Å²) in [5.74, 6) is 0. The highest BCUT2D eigenvalue weighted by Crippen LogP contribution is 2.47. The van der Waals surface area contributed by atoms with Crippen LogP contribution < -0.4 is 4.90 Å². The molecule has 12 aromatic rings. The highest BCUT2D eigenvalue weighted by molar-refractivity contribution is 7.26. The number of hydrogen-bond donors (Lipinski definition) is 0. The molecule has 0 aliphatic rings. The largest absolute Gasteiger partial charge is 0.455 e. The van der Waals surface area contributed by atoms with E-state index in [1.807, 2.05) is 23.5 Å². The van der Waals surface area contributed by atoms with E-state index in [1.165, 1.54) is 64.3 Å². The molecule has 0 bridgehead atoms. The number of fused-ring (bicyclic) bond motifs is 7. The van der Waals surface area contributed by atoms with Crippen LogP contribution in [0.25, 0.3) is 97.4 Å². The van der Waals surface area contributed by atoms with Crippen LogP contribution in [0.15, 0.2) is 229 Å². The minimum absolute atomic E-state index is 0.904. The second-order valence-electron chi connectivity index (χ2n) is 15.6. The molecular weight excluding hydrogens is 759 g/mol. The fourth-order valence-electron chi connectivity index (χ4n) is 9.18. The molecule has 0 amide bonds. The van der Waals surface area contributed by atoms with Gasteiger partial charge in [-0.3, -0.25) is 0 Å². The number of nitrogens with zero attached hydrogens (tertiary/aromatic N) is 1. The molecule has 0 fully saturated rings. The van der Waals surface area contributed by atoms with Gasteiger partial charge in [0.2, 0.25) is 0 Å². The van der Waals surface area contributed by atoms with Gasteiger partial charge in [-0.1, -0.05) is 176 Å². The summed E-state index contributed by atoms with van der Waals surface area (Å²) in [4.78, 5) is 2.41. The summed E-state index contributed by atoms with van der Waals surface area (Å²) in [6.07, 6.45) is 0. The normalized spacial score (nSPS) is 11.6. The van der Waals surface area contributed by atoms with E-state index in [9.17, 15) is 0 Å². The fourth-order valence-corrected chi connectivity index (χ4v) is 10.4. The number of thiophene rings is 1. The summed E-state index contributed by atoms with van der Waals surface area (Å²) >= 11 is 1.87. The van der Waals surface area contributed by atoms with Crippen molar-refractivity contribution in [3.63, 3.8) is 0 Å². The third kappa shape index (κ3) is 6.01. The van der Waals surface area contributed by atoms with Crippen LogP contribution >= 0.6 is 11.3 Å². The molecule has 2 aromatic heterocycles. The van der Waals surface area contributed by atoms with Crippen molar-refractivity contribution < 1.29 is 4.42 Å². The van der Waals surface area contributed by atoms with Gasteiger partial charge in [0.25, 0.3) is 0 Å². The first-order valence-electron chi connectivity index (χ1n) is 20.7. The number of furan rings is 1. The zero-order valence-electron chi connectivity index (χ0n) is 33.1. The lowest BCUT2D eigenvalue weighted by molar-refractivity contribution is 0.670. The molecular formula is C58H37NOS. The van der Waals surface area contributed by atoms with Crippen LogP contribution in [0.3, 0.4) is 0 Å². The van der Waals surface area contributed by atoms with Crippen molar-refractivity contribution in [2.75, 3.05) is 4.90 Å². The van der Waals surface area contributed by atoms with E-state index in [2.05, 4.69) is 217 Å². The van der Waals surface area contributed by atoms with Gasteiger partial charge in [-0.05, 0) is 87.1 Å². The lowest BCUT2D eigenvalue weighted by Crippen LogP contribution is -2.11. The molecule has 0 saturated heterocycles. The molecule has 0 unspecified atom stereocenters. The first-order chi connectivity index (χ1) is 30.2. The Morgan fingerprint density at radius 2 is 0.885 bits per heavy atom. The molecule has 0 saturated carbocycles. The summed E-state index contributed by atoms with van der Waals surface area (Å²) in [6, 6.07) is 81.2. The van der Waals surface area contributed by atoms with E-state index in [0.29, 0.717) is 0 Å². The molecule has 61 heavy (non-hydrogen) atoms. The molecule has 12 rings (SSSR count). The zero-order valence-corrected chi connectivity index (χ0v) is 33.9. The van der Waals surface area contributed by atoms with Crippen molar-refractivity contribution in [1.29, 1.82) is 0 Å². The van der Waals surface area contributed by atoms with Gasteiger partial charge in [0.1, 0.15) is 11.2 Å². The van der Waals surface area contributed by atoms with Crippen LogP contribution in [0.1, 0.15) is 0 Å². The van der Waals surface area contributed by atoms with Gasteiger partial charge in [0, 0.05) is 59.0 Å². The number of rotatable bonds is 7. The van der Waals surface area contributed by atoms with Crippen molar-refractivity contribution in [3.8, 4) is 44.5 Å². The van der Waals surface area contributed by atoms with Crippen LogP contribution in [-0.4, -0.2) is 0 Å². The molecule has 0 aliphatic carbocycles. The van der Waals surface area contributed by atoms with Crippen molar-refractivity contribution in [2.24, 2.45) is 0 Å². The number of benzene rings is 10. The average molecular weight is 796 g/mol. The Morgan fingerprint density at radius 3 is 1.67 bits per heavy atom. The fraction of sp³-hybridized carbons (Fsp3) is 0. The SMILES string of the molecule is c1ccc(-c2ccc3ccccc3c2)c(-c2ccc(N(c3ccc(-c4cccc5c4oc4ccccc45)cc3)c3ccccc3-c3cccc4c3sc3ccccc34)cc2)c1. The first kappa shape index (κ1) is 35.2. The quantitative estimate of drug-likeness (QED) is 0.160. The highest BCUT2D eigenvalue weighted by atomic mass is 32.1. The molecule has 2 heterocycles. The Labute approximate surface area is 357 Å². The Bertz CT molecular complexity index is 3590. The summed E-state index contributed by atoms with van der Waals surface area (Å²) in [5, 5.41) is 7.34. The van der Waals surface area contributed by atoms with Gasteiger partial charge in [-0.2, -0.15) is 0 Å². The highest BCUT2D eigenvalue weighted by Gasteiger charge is 2.21. The molecule has 0 radical (unpaired) electrons. The standard InChI is InChI=1S/C58H37NOS/c1-2-14-41-37-42(28-27-38(41)13-1)46-16-4-3-15-45(46)39-29-33-43(34-30-39)59(44-35-31-40(32-36-44)47-20-11-21-51-49-18-6-9-25-55(49)60-57(47)51)54-24-8-5-17-48(54)52-22-12-23-53-50-19-7-10-26-56(50)61-58(52)53/h1-37H. The summed E-state index contributed by atoms with van der Waals surface area (Å²) < 4.78 is 9.07. The molecule has 0 N–H and O–H groups in total. The predicted octanol–water partition coefficient (Wildman–Crippen LogP) is 17.2. The Kier molecular flexibility index (Phi) is 8.39.